The molecule has 0 bridgehead atoms. The third kappa shape index (κ3) is 3.24. The molecule has 2 aromatic carbocycles. The topological polar surface area (TPSA) is 89.7 Å². The molecule has 0 heterocycles. The molecule has 108 valence electrons. The number of benzene rings is 2. The van der Waals surface area contributed by atoms with Gasteiger partial charge in [-0.05, 0) is 24.3 Å². The number of hydrogen-bond donors (Lipinski definition) is 1. The molecule has 0 aliphatic carbocycles. The summed E-state index contributed by atoms with van der Waals surface area (Å²) in [4.78, 5) is 21.5. The van der Waals surface area contributed by atoms with Crippen LogP contribution in [-0.4, -0.2) is 16.0 Å². The standard InChI is InChI=1S/C13H7Cl2NO5/c14-7-4-5-10(9(6-7)16(19)20)21-11-3-1-2-8(15)12(11)13(17)18/h1-6H,(H,17,18). The molecule has 0 aliphatic rings. The van der Waals surface area contributed by atoms with Gasteiger partial charge in [0.25, 0.3) is 0 Å². The molecule has 0 unspecified atom stereocenters. The van der Waals surface area contributed by atoms with Gasteiger partial charge in [-0.2, -0.15) is 0 Å². The molecule has 2 rings (SSSR count). The second-order valence-electron chi connectivity index (χ2n) is 3.89. The first-order valence-corrected chi connectivity index (χ1v) is 6.29. The third-order valence-corrected chi connectivity index (χ3v) is 3.08. The maximum atomic E-state index is 11.2. The number of carbonyl (C=O) groups is 1. The Kier molecular flexibility index (Phi) is 4.30. The summed E-state index contributed by atoms with van der Waals surface area (Å²) < 4.78 is 5.33. The van der Waals surface area contributed by atoms with E-state index in [0.29, 0.717) is 0 Å². The van der Waals surface area contributed by atoms with Gasteiger partial charge in [0.15, 0.2) is 0 Å². The molecule has 0 radical (unpaired) electrons. The molecule has 0 atom stereocenters. The Balaban J connectivity index is 2.51. The summed E-state index contributed by atoms with van der Waals surface area (Å²) in [5, 5.41) is 20.2. The summed E-state index contributed by atoms with van der Waals surface area (Å²) in [6.07, 6.45) is 0. The first-order valence-electron chi connectivity index (χ1n) is 5.53. The van der Waals surface area contributed by atoms with Gasteiger partial charge >= 0.3 is 11.7 Å². The molecular weight excluding hydrogens is 321 g/mol. The summed E-state index contributed by atoms with van der Waals surface area (Å²) in [6, 6.07) is 8.01. The monoisotopic (exact) mass is 327 g/mol. The van der Waals surface area contributed by atoms with E-state index in [2.05, 4.69) is 0 Å². The van der Waals surface area contributed by atoms with Crippen LogP contribution in [0.3, 0.4) is 0 Å². The predicted octanol–water partition coefficient (Wildman–Crippen LogP) is 4.39. The van der Waals surface area contributed by atoms with E-state index in [4.69, 9.17) is 33.0 Å². The van der Waals surface area contributed by atoms with Gasteiger partial charge in [-0.1, -0.05) is 29.3 Å². The number of carboxylic acids is 1. The summed E-state index contributed by atoms with van der Waals surface area (Å²) >= 11 is 11.5. The van der Waals surface area contributed by atoms with Crippen molar-refractivity contribution in [1.29, 1.82) is 0 Å². The third-order valence-electron chi connectivity index (χ3n) is 2.53. The minimum absolute atomic E-state index is 0.0309. The maximum Gasteiger partial charge on any atom is 0.341 e. The molecule has 1 N–H and O–H groups in total. The first-order chi connectivity index (χ1) is 9.90. The minimum Gasteiger partial charge on any atom is -0.478 e. The van der Waals surface area contributed by atoms with E-state index in [0.717, 1.165) is 6.07 Å². The smallest absolute Gasteiger partial charge is 0.341 e. The zero-order valence-electron chi connectivity index (χ0n) is 10.2. The highest BCUT2D eigenvalue weighted by atomic mass is 35.5. The van der Waals surface area contributed by atoms with E-state index >= 15 is 0 Å². The van der Waals surface area contributed by atoms with Gasteiger partial charge in [-0.25, -0.2) is 4.79 Å². The van der Waals surface area contributed by atoms with Gasteiger partial charge in [0.1, 0.15) is 11.3 Å². The quantitative estimate of drug-likeness (QED) is 0.664. The van der Waals surface area contributed by atoms with E-state index in [1.165, 1.54) is 30.3 Å². The van der Waals surface area contributed by atoms with Gasteiger partial charge < -0.3 is 9.84 Å². The van der Waals surface area contributed by atoms with E-state index in [-0.39, 0.29) is 32.8 Å². The highest BCUT2D eigenvalue weighted by molar-refractivity contribution is 6.34. The van der Waals surface area contributed by atoms with Crippen LogP contribution in [-0.2, 0) is 0 Å². The fourth-order valence-corrected chi connectivity index (χ4v) is 2.05. The SMILES string of the molecule is O=C(O)c1c(Cl)cccc1Oc1ccc(Cl)cc1[N+](=O)[O-]. The van der Waals surface area contributed by atoms with Gasteiger partial charge in [-0.3, -0.25) is 10.1 Å². The number of rotatable bonds is 4. The number of nitro benzene ring substituents is 1. The lowest BCUT2D eigenvalue weighted by atomic mass is 10.2. The van der Waals surface area contributed by atoms with Crippen molar-refractivity contribution in [3.8, 4) is 11.5 Å². The van der Waals surface area contributed by atoms with Crippen LogP contribution >= 0.6 is 23.2 Å². The predicted molar refractivity (Wildman–Crippen MR) is 76.6 cm³/mol. The molecule has 21 heavy (non-hydrogen) atoms. The second kappa shape index (κ2) is 5.99. The lowest BCUT2D eigenvalue weighted by Crippen LogP contribution is -2.02. The van der Waals surface area contributed by atoms with Crippen LogP contribution in [0.25, 0.3) is 0 Å². The molecule has 0 saturated heterocycles. The Bertz CT molecular complexity index is 732. The van der Waals surface area contributed by atoms with Crippen molar-refractivity contribution in [2.24, 2.45) is 0 Å². The molecule has 0 aromatic heterocycles. The molecule has 0 spiro atoms. The van der Waals surface area contributed by atoms with Crippen LogP contribution in [0.4, 0.5) is 5.69 Å². The average molecular weight is 328 g/mol. The van der Waals surface area contributed by atoms with Gasteiger partial charge in [-0.15, -0.1) is 0 Å². The van der Waals surface area contributed by atoms with E-state index in [9.17, 15) is 14.9 Å². The van der Waals surface area contributed by atoms with Gasteiger partial charge in [0, 0.05) is 11.1 Å². The van der Waals surface area contributed by atoms with Crippen molar-refractivity contribution >= 4 is 34.9 Å². The van der Waals surface area contributed by atoms with Crippen molar-refractivity contribution < 1.29 is 19.6 Å². The summed E-state index contributed by atoms with van der Waals surface area (Å²) in [5.74, 6) is -1.53. The van der Waals surface area contributed by atoms with Crippen molar-refractivity contribution in [3.05, 3.63) is 62.1 Å². The van der Waals surface area contributed by atoms with E-state index in [1.54, 1.807) is 0 Å². The molecule has 0 aliphatic heterocycles. The van der Waals surface area contributed by atoms with Crippen LogP contribution in [0, 0.1) is 10.1 Å². The highest BCUT2D eigenvalue weighted by Crippen LogP contribution is 2.36. The number of nitrogens with zero attached hydrogens (tertiary/aromatic N) is 1. The number of carboxylic acid groups (broad SMARTS) is 1. The molecule has 2 aromatic rings. The van der Waals surface area contributed by atoms with Crippen LogP contribution in [0.15, 0.2) is 36.4 Å². The van der Waals surface area contributed by atoms with E-state index in [1.807, 2.05) is 0 Å². The molecule has 0 saturated carbocycles. The Morgan fingerprint density at radius 1 is 1.19 bits per heavy atom. The normalized spacial score (nSPS) is 10.2. The number of nitro groups is 1. The number of halogens is 2. The van der Waals surface area contributed by atoms with Crippen LogP contribution < -0.4 is 4.74 Å². The highest BCUT2D eigenvalue weighted by Gasteiger charge is 2.21. The number of aromatic carboxylic acids is 1. The van der Waals surface area contributed by atoms with Gasteiger partial charge in [0.05, 0.1) is 9.95 Å². The summed E-state index contributed by atoms with van der Waals surface area (Å²) in [7, 11) is 0. The molecule has 8 heteroatoms. The molecule has 6 nitrogen and oxygen atoms in total. The Hall–Kier alpha value is -2.31. The first kappa shape index (κ1) is 15.1. The Morgan fingerprint density at radius 3 is 2.52 bits per heavy atom. The summed E-state index contributed by atoms with van der Waals surface area (Å²) in [6.45, 7) is 0. The molecule has 0 amide bonds. The van der Waals surface area contributed by atoms with Crippen LogP contribution in [0.1, 0.15) is 10.4 Å². The van der Waals surface area contributed by atoms with E-state index < -0.39 is 10.9 Å². The van der Waals surface area contributed by atoms with Crippen molar-refractivity contribution in [2.45, 2.75) is 0 Å². The maximum absolute atomic E-state index is 11.2. The Morgan fingerprint density at radius 2 is 1.90 bits per heavy atom. The number of hydrogen-bond acceptors (Lipinski definition) is 4. The van der Waals surface area contributed by atoms with Gasteiger partial charge in [0.2, 0.25) is 5.75 Å². The largest absolute Gasteiger partial charge is 0.478 e. The lowest BCUT2D eigenvalue weighted by Gasteiger charge is -2.10. The lowest BCUT2D eigenvalue weighted by molar-refractivity contribution is -0.385. The molecule has 0 fully saturated rings. The second-order valence-corrected chi connectivity index (χ2v) is 4.73. The van der Waals surface area contributed by atoms with Crippen molar-refractivity contribution in [1.82, 2.24) is 0 Å². The van der Waals surface area contributed by atoms with Crippen LogP contribution in [0.5, 0.6) is 11.5 Å². The summed E-state index contributed by atoms with van der Waals surface area (Å²) in [5.41, 5.74) is -0.651. The van der Waals surface area contributed by atoms with Crippen molar-refractivity contribution in [3.63, 3.8) is 0 Å². The average Bonchev–Trinajstić information content (AvgIpc) is 2.40. The fraction of sp³-hybridized carbons (Fsp3) is 0. The molecular formula is C13H7Cl2NO5. The minimum atomic E-state index is -1.30. The Labute approximate surface area is 128 Å². The zero-order chi connectivity index (χ0) is 15.6. The number of ether oxygens (including phenoxy) is 1. The van der Waals surface area contributed by atoms with Crippen molar-refractivity contribution in [2.75, 3.05) is 0 Å². The van der Waals surface area contributed by atoms with Crippen LogP contribution in [0.2, 0.25) is 10.0 Å². The zero-order valence-corrected chi connectivity index (χ0v) is 11.8. The fourth-order valence-electron chi connectivity index (χ4n) is 1.63.